The summed E-state index contributed by atoms with van der Waals surface area (Å²) in [7, 11) is 0. The average molecular weight is 481 g/mol. The standard InChI is InChI=1S/C16H23BrN2O3S.C6H6/c1-11(12-4-6-13(17)7-5-12)19-9-8-14(22-15(19)20)10-16(2,21)18-23-3;1-2-4-6-5-3-1/h4-7,11,14,18,21H,8-10H2,1-3H3;1-6H. The number of amides is 1. The molecule has 2 N–H and O–H groups in total. The Morgan fingerprint density at radius 1 is 1.24 bits per heavy atom. The van der Waals surface area contributed by atoms with Gasteiger partial charge in [0.2, 0.25) is 0 Å². The second kappa shape index (κ2) is 11.6. The van der Waals surface area contributed by atoms with Gasteiger partial charge in [0.15, 0.2) is 0 Å². The first kappa shape index (κ1) is 23.7. The maximum Gasteiger partial charge on any atom is 0.410 e. The number of aliphatic hydroxyl groups is 1. The van der Waals surface area contributed by atoms with Gasteiger partial charge < -0.3 is 14.7 Å². The van der Waals surface area contributed by atoms with Gasteiger partial charge in [-0.3, -0.25) is 0 Å². The van der Waals surface area contributed by atoms with Crippen molar-refractivity contribution in [3.8, 4) is 0 Å². The zero-order chi connectivity index (χ0) is 21.3. The SMILES string of the molecule is CSNC(C)(O)CC1CCN(C(C)c2ccc(Br)cc2)C(=O)O1.c1ccccc1. The zero-order valence-electron chi connectivity index (χ0n) is 17.0. The normalized spacial score (nSPS) is 19.4. The van der Waals surface area contributed by atoms with Crippen LogP contribution >= 0.6 is 27.9 Å². The van der Waals surface area contributed by atoms with Crippen molar-refractivity contribution >= 4 is 34.0 Å². The van der Waals surface area contributed by atoms with Gasteiger partial charge in [-0.05, 0) is 37.8 Å². The van der Waals surface area contributed by atoms with Crippen molar-refractivity contribution in [3.63, 3.8) is 0 Å². The lowest BCUT2D eigenvalue weighted by molar-refractivity contribution is -0.0413. The van der Waals surface area contributed by atoms with E-state index in [0.29, 0.717) is 19.4 Å². The Morgan fingerprint density at radius 2 is 1.79 bits per heavy atom. The highest BCUT2D eigenvalue weighted by atomic mass is 79.9. The molecule has 0 bridgehead atoms. The summed E-state index contributed by atoms with van der Waals surface area (Å²) in [6, 6.07) is 19.9. The van der Waals surface area contributed by atoms with Gasteiger partial charge in [-0.15, -0.1) is 0 Å². The third-order valence-corrected chi connectivity index (χ3v) is 5.80. The van der Waals surface area contributed by atoms with E-state index in [1.54, 1.807) is 11.8 Å². The number of benzene rings is 2. The molecule has 1 amide bonds. The molecular weight excluding hydrogens is 452 g/mol. The average Bonchev–Trinajstić information content (AvgIpc) is 2.69. The molecule has 158 valence electrons. The van der Waals surface area contributed by atoms with Gasteiger partial charge in [0.05, 0.1) is 6.04 Å². The van der Waals surface area contributed by atoms with Crippen LogP contribution in [0.3, 0.4) is 0 Å². The summed E-state index contributed by atoms with van der Waals surface area (Å²) >= 11 is 4.76. The molecule has 1 aliphatic heterocycles. The van der Waals surface area contributed by atoms with E-state index in [4.69, 9.17) is 4.74 Å². The highest BCUT2D eigenvalue weighted by Gasteiger charge is 2.34. The predicted molar refractivity (Wildman–Crippen MR) is 122 cm³/mol. The van der Waals surface area contributed by atoms with E-state index < -0.39 is 5.72 Å². The van der Waals surface area contributed by atoms with Gasteiger partial charge in [-0.2, -0.15) is 0 Å². The molecule has 1 heterocycles. The van der Waals surface area contributed by atoms with Crippen LogP contribution in [0.25, 0.3) is 0 Å². The number of carbonyl (C=O) groups excluding carboxylic acids is 1. The van der Waals surface area contributed by atoms with Crippen molar-refractivity contribution in [2.45, 2.75) is 44.6 Å². The molecule has 0 aliphatic carbocycles. The molecule has 1 aliphatic rings. The van der Waals surface area contributed by atoms with Crippen LogP contribution in [0.1, 0.15) is 38.3 Å². The predicted octanol–water partition coefficient (Wildman–Crippen LogP) is 5.37. The van der Waals surface area contributed by atoms with Gasteiger partial charge in [-0.1, -0.05) is 76.4 Å². The highest BCUT2D eigenvalue weighted by Crippen LogP contribution is 2.28. The summed E-state index contributed by atoms with van der Waals surface area (Å²) < 4.78 is 9.44. The van der Waals surface area contributed by atoms with Crippen LogP contribution < -0.4 is 4.72 Å². The molecule has 0 radical (unpaired) electrons. The summed E-state index contributed by atoms with van der Waals surface area (Å²) in [4.78, 5) is 14.0. The summed E-state index contributed by atoms with van der Waals surface area (Å²) in [5, 5.41) is 10.2. The summed E-state index contributed by atoms with van der Waals surface area (Å²) in [5.41, 5.74) is 0.0174. The molecule has 2 aromatic carbocycles. The van der Waals surface area contributed by atoms with E-state index in [1.807, 2.05) is 73.8 Å². The van der Waals surface area contributed by atoms with Crippen LogP contribution in [-0.4, -0.2) is 40.7 Å². The van der Waals surface area contributed by atoms with Crippen LogP contribution in [0, 0.1) is 0 Å². The number of hydrogen-bond donors (Lipinski definition) is 2. The Bertz CT molecular complexity index is 717. The van der Waals surface area contributed by atoms with Crippen LogP contribution in [0.2, 0.25) is 0 Å². The fraction of sp³-hybridized carbons (Fsp3) is 0.409. The van der Waals surface area contributed by atoms with Crippen molar-refractivity contribution in [2.75, 3.05) is 12.8 Å². The number of ether oxygens (including phenoxy) is 1. The third-order valence-electron chi connectivity index (χ3n) is 4.63. The Morgan fingerprint density at radius 3 is 2.28 bits per heavy atom. The second-order valence-electron chi connectivity index (χ2n) is 7.15. The van der Waals surface area contributed by atoms with E-state index >= 15 is 0 Å². The lowest BCUT2D eigenvalue weighted by Crippen LogP contribution is -2.48. The van der Waals surface area contributed by atoms with Gasteiger partial charge in [0.1, 0.15) is 11.8 Å². The Kier molecular flexibility index (Phi) is 9.49. The number of carbonyl (C=O) groups is 1. The van der Waals surface area contributed by atoms with Crippen LogP contribution in [-0.2, 0) is 4.74 Å². The van der Waals surface area contributed by atoms with Gasteiger partial charge in [0, 0.05) is 23.9 Å². The number of nitrogens with one attached hydrogen (secondary N) is 1. The van der Waals surface area contributed by atoms with Gasteiger partial charge in [0.25, 0.3) is 0 Å². The number of rotatable bonds is 6. The van der Waals surface area contributed by atoms with E-state index in [2.05, 4.69) is 20.7 Å². The molecule has 5 nitrogen and oxygen atoms in total. The van der Waals surface area contributed by atoms with E-state index in [0.717, 1.165) is 10.0 Å². The molecule has 29 heavy (non-hydrogen) atoms. The monoisotopic (exact) mass is 480 g/mol. The molecule has 0 spiro atoms. The summed E-state index contributed by atoms with van der Waals surface area (Å²) in [6.45, 7) is 4.31. The quantitative estimate of drug-likeness (QED) is 0.429. The maximum atomic E-state index is 12.3. The van der Waals surface area contributed by atoms with Crippen molar-refractivity contribution in [1.82, 2.24) is 9.62 Å². The van der Waals surface area contributed by atoms with Crippen molar-refractivity contribution < 1.29 is 14.6 Å². The lowest BCUT2D eigenvalue weighted by atomic mass is 10.0. The lowest BCUT2D eigenvalue weighted by Gasteiger charge is -2.38. The van der Waals surface area contributed by atoms with Crippen LogP contribution in [0.15, 0.2) is 65.1 Å². The smallest absolute Gasteiger partial charge is 0.410 e. The largest absolute Gasteiger partial charge is 0.446 e. The molecule has 3 atom stereocenters. The fourth-order valence-corrected chi connectivity index (χ4v) is 3.94. The maximum absolute atomic E-state index is 12.3. The van der Waals surface area contributed by atoms with Crippen molar-refractivity contribution in [2.24, 2.45) is 0 Å². The van der Waals surface area contributed by atoms with Crippen LogP contribution in [0.5, 0.6) is 0 Å². The number of cyclic esters (lactones) is 1. The Balaban J connectivity index is 0.000000426. The van der Waals surface area contributed by atoms with E-state index in [-0.39, 0.29) is 18.2 Å². The fourth-order valence-electron chi connectivity index (χ4n) is 3.15. The molecule has 3 unspecified atom stereocenters. The molecule has 1 saturated heterocycles. The molecule has 0 aromatic heterocycles. The van der Waals surface area contributed by atoms with Crippen molar-refractivity contribution in [3.05, 3.63) is 70.7 Å². The molecule has 7 heteroatoms. The minimum atomic E-state index is -1.05. The number of nitrogens with zero attached hydrogens (tertiary/aromatic N) is 1. The summed E-state index contributed by atoms with van der Waals surface area (Å²) in [5.74, 6) is 0. The first-order valence-electron chi connectivity index (χ1n) is 9.57. The molecule has 2 aromatic rings. The Labute approximate surface area is 186 Å². The van der Waals surface area contributed by atoms with Gasteiger partial charge >= 0.3 is 6.09 Å². The van der Waals surface area contributed by atoms with E-state index in [9.17, 15) is 9.90 Å². The Hall–Kier alpha value is -1.54. The zero-order valence-corrected chi connectivity index (χ0v) is 19.4. The molecular formula is C22H29BrN2O3S. The first-order valence-corrected chi connectivity index (χ1v) is 11.6. The van der Waals surface area contributed by atoms with Crippen molar-refractivity contribution in [1.29, 1.82) is 0 Å². The number of hydrogen-bond acceptors (Lipinski definition) is 5. The minimum Gasteiger partial charge on any atom is -0.446 e. The van der Waals surface area contributed by atoms with Gasteiger partial charge in [-0.25, -0.2) is 9.52 Å². The number of halogens is 1. The molecule has 1 fully saturated rings. The third kappa shape index (κ3) is 8.01. The highest BCUT2D eigenvalue weighted by molar-refractivity contribution is 9.10. The first-order chi connectivity index (χ1) is 13.8. The van der Waals surface area contributed by atoms with Crippen LogP contribution in [0.4, 0.5) is 4.79 Å². The minimum absolute atomic E-state index is 0.0404. The summed E-state index contributed by atoms with van der Waals surface area (Å²) in [6.07, 6.45) is 2.34. The second-order valence-corrected chi connectivity index (χ2v) is 8.68. The molecule has 0 saturated carbocycles. The van der Waals surface area contributed by atoms with E-state index in [1.165, 1.54) is 11.9 Å². The topological polar surface area (TPSA) is 61.8 Å². The molecule has 3 rings (SSSR count).